The molecule has 0 aromatic heterocycles. The summed E-state index contributed by atoms with van der Waals surface area (Å²) in [5.41, 5.74) is 0.0552. The zero-order valence-electron chi connectivity index (χ0n) is 12.1. The van der Waals surface area contributed by atoms with Gasteiger partial charge < -0.3 is 4.55 Å². The molecule has 7 heteroatoms. The van der Waals surface area contributed by atoms with Crippen LogP contribution in [0.4, 0.5) is 5.69 Å². The van der Waals surface area contributed by atoms with Crippen molar-refractivity contribution in [1.82, 2.24) is 3.71 Å². The molecule has 2 rings (SSSR count). The van der Waals surface area contributed by atoms with E-state index in [-0.39, 0.29) is 5.69 Å². The number of benzene rings is 1. The molecule has 1 atom stereocenters. The van der Waals surface area contributed by atoms with E-state index in [0.717, 1.165) is 24.3 Å². The summed E-state index contributed by atoms with van der Waals surface area (Å²) in [6.45, 7) is 2.95. The third-order valence-electron chi connectivity index (χ3n) is 3.41. The molecule has 0 N–H and O–H groups in total. The number of rotatable bonds is 8. The zero-order valence-corrected chi connectivity index (χ0v) is 13.8. The summed E-state index contributed by atoms with van der Waals surface area (Å²) in [6.07, 6.45) is 7.15. The van der Waals surface area contributed by atoms with Gasteiger partial charge in [0.1, 0.15) is 0 Å². The fourth-order valence-electron chi connectivity index (χ4n) is 2.23. The van der Waals surface area contributed by atoms with Crippen LogP contribution in [0.3, 0.4) is 0 Å². The predicted octanol–water partition coefficient (Wildman–Crippen LogP) is 4.30. The minimum Gasteiger partial charge on any atom is -0.592 e. The fraction of sp³-hybridized carbons (Fsp3) is 0.571. The van der Waals surface area contributed by atoms with Crippen LogP contribution in [-0.4, -0.2) is 19.7 Å². The largest absolute Gasteiger partial charge is 0.592 e. The molecule has 0 amide bonds. The van der Waals surface area contributed by atoms with Crippen molar-refractivity contribution >= 4 is 29.0 Å². The van der Waals surface area contributed by atoms with E-state index in [9.17, 15) is 14.7 Å². The molecule has 1 aromatic carbocycles. The van der Waals surface area contributed by atoms with Gasteiger partial charge >= 0.3 is 0 Å². The van der Waals surface area contributed by atoms with E-state index in [1.165, 1.54) is 49.8 Å². The average Bonchev–Trinajstić information content (AvgIpc) is 2.79. The third kappa shape index (κ3) is 4.35. The van der Waals surface area contributed by atoms with E-state index < -0.39 is 16.3 Å². The first kappa shape index (κ1) is 16.6. The molecular weight excluding hydrogens is 308 g/mol. The third-order valence-corrected chi connectivity index (χ3v) is 6.37. The van der Waals surface area contributed by atoms with Gasteiger partial charge in [-0.15, -0.1) is 0 Å². The number of unbranched alkanes of at least 4 members (excludes halogenated alkanes) is 5. The lowest BCUT2D eigenvalue weighted by atomic mass is 10.1. The zero-order chi connectivity index (χ0) is 15.2. The highest BCUT2D eigenvalue weighted by molar-refractivity contribution is 8.11. The van der Waals surface area contributed by atoms with Gasteiger partial charge in [0.25, 0.3) is 5.69 Å². The first-order valence-electron chi connectivity index (χ1n) is 7.29. The van der Waals surface area contributed by atoms with E-state index in [4.69, 9.17) is 0 Å². The molecule has 0 spiro atoms. The number of nitro groups is 1. The molecule has 116 valence electrons. The Morgan fingerprint density at radius 1 is 1.24 bits per heavy atom. The van der Waals surface area contributed by atoms with Gasteiger partial charge in [-0.2, -0.15) is 0 Å². The molecule has 1 aliphatic heterocycles. The Hall–Kier alpha value is -0.760. The van der Waals surface area contributed by atoms with Crippen molar-refractivity contribution in [2.45, 2.75) is 55.2 Å². The van der Waals surface area contributed by atoms with Gasteiger partial charge in [-0.05, 0) is 6.42 Å². The van der Waals surface area contributed by atoms with E-state index in [1.807, 2.05) is 3.71 Å². The van der Waals surface area contributed by atoms with Gasteiger partial charge in [0, 0.05) is 30.1 Å². The van der Waals surface area contributed by atoms with Crippen molar-refractivity contribution in [1.29, 1.82) is 0 Å². The molecule has 1 aromatic rings. The molecule has 5 nitrogen and oxygen atoms in total. The number of nitrogens with zero attached hydrogens (tertiary/aromatic N) is 2. The first-order valence-corrected chi connectivity index (χ1v) is 9.17. The number of fused-ring (bicyclic) bond motifs is 1. The van der Waals surface area contributed by atoms with Crippen molar-refractivity contribution in [3.63, 3.8) is 0 Å². The SMILES string of the molecule is CCCCCCCCN1Sc2cc([N+](=O)[O-])ccc2[S+]1[O-]. The molecule has 0 bridgehead atoms. The van der Waals surface area contributed by atoms with Crippen LogP contribution in [0.2, 0.25) is 0 Å². The smallest absolute Gasteiger partial charge is 0.270 e. The topological polar surface area (TPSA) is 69.4 Å². The maximum atomic E-state index is 12.3. The van der Waals surface area contributed by atoms with Gasteiger partial charge in [0.15, 0.2) is 4.90 Å². The molecule has 0 aliphatic carbocycles. The number of non-ortho nitro benzene ring substituents is 1. The van der Waals surface area contributed by atoms with Crippen LogP contribution in [-0.2, 0) is 11.4 Å². The molecule has 1 unspecified atom stereocenters. The lowest BCUT2D eigenvalue weighted by molar-refractivity contribution is -0.385. The molecule has 0 fully saturated rings. The summed E-state index contributed by atoms with van der Waals surface area (Å²) in [4.78, 5) is 11.8. The van der Waals surface area contributed by atoms with Gasteiger partial charge in [-0.25, -0.2) is 0 Å². The molecule has 21 heavy (non-hydrogen) atoms. The summed E-state index contributed by atoms with van der Waals surface area (Å²) >= 11 is 0.181. The molecule has 1 heterocycles. The second kappa shape index (κ2) is 8.03. The Kier molecular flexibility index (Phi) is 6.35. The Labute approximate surface area is 132 Å². The number of hydrogen-bond donors (Lipinski definition) is 0. The van der Waals surface area contributed by atoms with Crippen molar-refractivity contribution in [2.24, 2.45) is 0 Å². The highest BCUT2D eigenvalue weighted by Crippen LogP contribution is 2.43. The Bertz CT molecular complexity index is 499. The molecule has 0 saturated heterocycles. The lowest BCUT2D eigenvalue weighted by Gasteiger charge is -2.14. The lowest BCUT2D eigenvalue weighted by Crippen LogP contribution is -2.20. The molecule has 1 aliphatic rings. The van der Waals surface area contributed by atoms with Crippen LogP contribution in [0, 0.1) is 10.1 Å². The summed E-state index contributed by atoms with van der Waals surface area (Å²) in [5, 5.41) is 10.8. The summed E-state index contributed by atoms with van der Waals surface area (Å²) in [5.74, 6) is 0. The summed E-state index contributed by atoms with van der Waals surface area (Å²) in [6, 6.07) is 4.54. The Balaban J connectivity index is 1.83. The standard InChI is InChI=1S/C14H20N2O3S2/c1-2-3-4-5-6-7-10-15-20-13-11-12(16(17)18)8-9-14(13)21(15)19/h8-9,11H,2-7,10H2,1H3. The van der Waals surface area contributed by atoms with Crippen LogP contribution in [0.5, 0.6) is 0 Å². The van der Waals surface area contributed by atoms with E-state index in [2.05, 4.69) is 6.92 Å². The Morgan fingerprint density at radius 2 is 1.95 bits per heavy atom. The van der Waals surface area contributed by atoms with Gasteiger partial charge in [0.05, 0.1) is 27.7 Å². The maximum absolute atomic E-state index is 12.3. The monoisotopic (exact) mass is 328 g/mol. The fourth-order valence-corrected chi connectivity index (χ4v) is 5.01. The minimum atomic E-state index is -1.19. The van der Waals surface area contributed by atoms with Crippen LogP contribution in [0.15, 0.2) is 28.0 Å². The van der Waals surface area contributed by atoms with E-state index in [1.54, 1.807) is 6.07 Å². The normalized spacial score (nSPS) is 17.9. The molecule has 0 radical (unpaired) electrons. The Morgan fingerprint density at radius 3 is 2.67 bits per heavy atom. The minimum absolute atomic E-state index is 0.0552. The van der Waals surface area contributed by atoms with Gasteiger partial charge in [0.2, 0.25) is 0 Å². The van der Waals surface area contributed by atoms with E-state index in [0.29, 0.717) is 4.90 Å². The van der Waals surface area contributed by atoms with E-state index >= 15 is 0 Å². The number of nitro benzene ring substituents is 1. The highest BCUT2D eigenvalue weighted by atomic mass is 32.3. The maximum Gasteiger partial charge on any atom is 0.270 e. The van der Waals surface area contributed by atoms with Crippen molar-refractivity contribution < 1.29 is 9.48 Å². The van der Waals surface area contributed by atoms with Crippen LogP contribution in [0.25, 0.3) is 0 Å². The van der Waals surface area contributed by atoms with Crippen molar-refractivity contribution in [3.05, 3.63) is 28.3 Å². The van der Waals surface area contributed by atoms with Crippen LogP contribution in [0.1, 0.15) is 45.4 Å². The predicted molar refractivity (Wildman–Crippen MR) is 85.4 cm³/mol. The van der Waals surface area contributed by atoms with Gasteiger partial charge in [-0.1, -0.05) is 42.7 Å². The molecule has 0 saturated carbocycles. The second-order valence-corrected chi connectivity index (χ2v) is 7.73. The summed E-state index contributed by atoms with van der Waals surface area (Å²) < 4.78 is 14.1. The van der Waals surface area contributed by atoms with Crippen LogP contribution < -0.4 is 0 Å². The van der Waals surface area contributed by atoms with Gasteiger partial charge in [-0.3, -0.25) is 10.1 Å². The quantitative estimate of drug-likeness (QED) is 0.234. The second-order valence-electron chi connectivity index (χ2n) is 5.05. The number of hydrogen-bond acceptors (Lipinski definition) is 5. The van der Waals surface area contributed by atoms with Crippen molar-refractivity contribution in [2.75, 3.05) is 6.54 Å². The van der Waals surface area contributed by atoms with Crippen molar-refractivity contribution in [3.8, 4) is 0 Å². The summed E-state index contributed by atoms with van der Waals surface area (Å²) in [7, 11) is 0. The molecular formula is C14H20N2O3S2. The van der Waals surface area contributed by atoms with Crippen LogP contribution >= 0.6 is 11.9 Å². The highest BCUT2D eigenvalue weighted by Gasteiger charge is 2.36. The first-order chi connectivity index (χ1) is 10.1. The average molecular weight is 328 g/mol.